The molecule has 1 aromatic rings. The van der Waals surface area contributed by atoms with Gasteiger partial charge in [0, 0.05) is 19.2 Å². The molecule has 0 unspecified atom stereocenters. The number of carboxylic acids is 1. The predicted octanol–water partition coefficient (Wildman–Crippen LogP) is 2.37. The van der Waals surface area contributed by atoms with Crippen LogP contribution in [0.25, 0.3) is 0 Å². The van der Waals surface area contributed by atoms with Crippen LogP contribution in [-0.4, -0.2) is 35.6 Å². The second-order valence-corrected chi connectivity index (χ2v) is 5.94. The zero-order chi connectivity index (χ0) is 15.5. The van der Waals surface area contributed by atoms with Crippen molar-refractivity contribution >= 4 is 12.0 Å². The van der Waals surface area contributed by atoms with E-state index in [9.17, 15) is 9.59 Å². The quantitative estimate of drug-likeness (QED) is 0.843. The third kappa shape index (κ3) is 3.77. The van der Waals surface area contributed by atoms with Gasteiger partial charge in [0.2, 0.25) is 0 Å². The Morgan fingerprint density at radius 3 is 2.67 bits per heavy atom. The molecule has 1 aliphatic carbocycles. The van der Waals surface area contributed by atoms with E-state index < -0.39 is 5.97 Å². The summed E-state index contributed by atoms with van der Waals surface area (Å²) >= 11 is 0. The lowest BCUT2D eigenvalue weighted by Gasteiger charge is -2.41. The first-order valence-electron chi connectivity index (χ1n) is 7.16. The summed E-state index contributed by atoms with van der Waals surface area (Å²) in [4.78, 5) is 24.6. The molecule has 0 saturated heterocycles. The number of carbonyl (C=O) groups excluding carboxylic acids is 1. The summed E-state index contributed by atoms with van der Waals surface area (Å²) in [6.07, 6.45) is 4.49. The van der Waals surface area contributed by atoms with Crippen LogP contribution in [0.2, 0.25) is 0 Å². The Morgan fingerprint density at radius 2 is 2.19 bits per heavy atom. The molecule has 6 heteroatoms. The molecule has 1 aromatic heterocycles. The Morgan fingerprint density at radius 1 is 1.48 bits per heavy atom. The number of aliphatic carboxylic acids is 1. The lowest BCUT2D eigenvalue weighted by atomic mass is 9.66. The molecule has 0 aromatic carbocycles. The highest BCUT2D eigenvalue weighted by atomic mass is 16.4. The smallest absolute Gasteiger partial charge is 0.317 e. The van der Waals surface area contributed by atoms with E-state index in [1.165, 1.54) is 0 Å². The first-order valence-corrected chi connectivity index (χ1v) is 7.16. The number of furan rings is 1. The molecule has 0 spiro atoms. The number of aryl methyl sites for hydroxylation is 1. The van der Waals surface area contributed by atoms with Crippen LogP contribution in [0.4, 0.5) is 4.79 Å². The molecule has 21 heavy (non-hydrogen) atoms. The molecule has 2 N–H and O–H groups in total. The fourth-order valence-electron chi connectivity index (χ4n) is 2.71. The van der Waals surface area contributed by atoms with E-state index in [0.717, 1.165) is 30.6 Å². The number of rotatable bonds is 6. The molecule has 2 rings (SSSR count). The van der Waals surface area contributed by atoms with Crippen molar-refractivity contribution < 1.29 is 19.1 Å². The van der Waals surface area contributed by atoms with Gasteiger partial charge in [-0.05, 0) is 31.2 Å². The third-order valence-corrected chi connectivity index (χ3v) is 4.28. The summed E-state index contributed by atoms with van der Waals surface area (Å²) in [7, 11) is 1.71. The monoisotopic (exact) mass is 294 g/mol. The molecule has 0 bridgehead atoms. The van der Waals surface area contributed by atoms with Crippen molar-refractivity contribution in [2.24, 2.45) is 5.41 Å². The van der Waals surface area contributed by atoms with Crippen molar-refractivity contribution in [3.63, 3.8) is 0 Å². The molecule has 0 atom stereocenters. The minimum Gasteiger partial charge on any atom is -0.481 e. The Kier molecular flexibility index (Phi) is 4.55. The summed E-state index contributed by atoms with van der Waals surface area (Å²) in [6.45, 7) is 2.75. The minimum atomic E-state index is -0.800. The average molecular weight is 294 g/mol. The molecule has 6 nitrogen and oxygen atoms in total. The molecular weight excluding hydrogens is 272 g/mol. The van der Waals surface area contributed by atoms with Crippen LogP contribution in [0, 0.1) is 12.3 Å². The normalized spacial score (nSPS) is 16.1. The van der Waals surface area contributed by atoms with Crippen molar-refractivity contribution in [1.29, 1.82) is 0 Å². The number of nitrogens with zero attached hydrogens (tertiary/aromatic N) is 1. The summed E-state index contributed by atoms with van der Waals surface area (Å²) in [5.41, 5.74) is 0.713. The number of carboxylic acid groups (broad SMARTS) is 1. The highest BCUT2D eigenvalue weighted by Gasteiger charge is 2.39. The molecule has 1 aliphatic rings. The average Bonchev–Trinajstić information content (AvgIpc) is 2.77. The Bertz CT molecular complexity index is 519. The maximum atomic E-state index is 12.1. The van der Waals surface area contributed by atoms with Gasteiger partial charge < -0.3 is 19.7 Å². The van der Waals surface area contributed by atoms with E-state index in [1.54, 1.807) is 18.2 Å². The minimum absolute atomic E-state index is 0.123. The maximum absolute atomic E-state index is 12.1. The second kappa shape index (κ2) is 6.20. The largest absolute Gasteiger partial charge is 0.481 e. The van der Waals surface area contributed by atoms with Crippen LogP contribution >= 0.6 is 0 Å². The van der Waals surface area contributed by atoms with Gasteiger partial charge in [-0.25, -0.2) is 4.79 Å². The molecule has 1 fully saturated rings. The zero-order valence-electron chi connectivity index (χ0n) is 12.5. The summed E-state index contributed by atoms with van der Waals surface area (Å²) < 4.78 is 5.21. The van der Waals surface area contributed by atoms with Crippen molar-refractivity contribution in [1.82, 2.24) is 10.2 Å². The number of nitrogens with one attached hydrogen (secondary N) is 1. The number of carbonyl (C=O) groups is 2. The third-order valence-electron chi connectivity index (χ3n) is 4.28. The van der Waals surface area contributed by atoms with E-state index in [4.69, 9.17) is 9.52 Å². The van der Waals surface area contributed by atoms with E-state index in [2.05, 4.69) is 5.32 Å². The van der Waals surface area contributed by atoms with Gasteiger partial charge in [-0.3, -0.25) is 4.79 Å². The fraction of sp³-hybridized carbons (Fsp3) is 0.600. The highest BCUT2D eigenvalue weighted by Crippen LogP contribution is 2.43. The van der Waals surface area contributed by atoms with E-state index in [0.29, 0.717) is 13.1 Å². The van der Waals surface area contributed by atoms with E-state index in [1.807, 2.05) is 13.0 Å². The molecule has 0 radical (unpaired) electrons. The van der Waals surface area contributed by atoms with Crippen molar-refractivity contribution in [2.75, 3.05) is 13.6 Å². The second-order valence-electron chi connectivity index (χ2n) is 5.94. The van der Waals surface area contributed by atoms with E-state index >= 15 is 0 Å². The Labute approximate surface area is 124 Å². The van der Waals surface area contributed by atoms with Crippen LogP contribution in [0.3, 0.4) is 0 Å². The van der Waals surface area contributed by atoms with E-state index in [-0.39, 0.29) is 17.9 Å². The summed E-state index contributed by atoms with van der Waals surface area (Å²) in [5.74, 6) is 0.00214. The molecule has 116 valence electrons. The van der Waals surface area contributed by atoms with Gasteiger partial charge in [-0.15, -0.1) is 0 Å². The van der Waals surface area contributed by atoms with Gasteiger partial charge in [0.15, 0.2) is 0 Å². The van der Waals surface area contributed by atoms with Crippen LogP contribution in [0.5, 0.6) is 0 Å². The topological polar surface area (TPSA) is 82.8 Å². The lowest BCUT2D eigenvalue weighted by molar-refractivity contribution is -0.141. The summed E-state index contributed by atoms with van der Waals surface area (Å²) in [6, 6.07) is 1.66. The first kappa shape index (κ1) is 15.4. The maximum Gasteiger partial charge on any atom is 0.317 e. The Hall–Kier alpha value is -1.98. The number of urea groups is 1. The predicted molar refractivity (Wildman–Crippen MR) is 76.8 cm³/mol. The summed E-state index contributed by atoms with van der Waals surface area (Å²) in [5, 5.41) is 11.8. The van der Waals surface area contributed by atoms with Gasteiger partial charge in [-0.1, -0.05) is 6.42 Å². The van der Waals surface area contributed by atoms with Crippen molar-refractivity contribution in [3.8, 4) is 0 Å². The lowest BCUT2D eigenvalue weighted by Crippen LogP contribution is -2.46. The molecule has 2 amide bonds. The van der Waals surface area contributed by atoms with Crippen LogP contribution in [0.1, 0.15) is 37.0 Å². The van der Waals surface area contributed by atoms with Gasteiger partial charge in [0.1, 0.15) is 5.76 Å². The van der Waals surface area contributed by atoms with Crippen molar-refractivity contribution in [3.05, 3.63) is 23.7 Å². The first-order chi connectivity index (χ1) is 9.92. The zero-order valence-corrected chi connectivity index (χ0v) is 12.5. The van der Waals surface area contributed by atoms with Gasteiger partial charge in [-0.2, -0.15) is 0 Å². The van der Waals surface area contributed by atoms with Crippen LogP contribution in [-0.2, 0) is 11.3 Å². The molecule has 1 saturated carbocycles. The van der Waals surface area contributed by atoms with Gasteiger partial charge >= 0.3 is 12.0 Å². The van der Waals surface area contributed by atoms with Crippen LogP contribution in [0.15, 0.2) is 16.7 Å². The fourth-order valence-corrected chi connectivity index (χ4v) is 2.71. The molecule has 0 aliphatic heterocycles. The number of amides is 2. The SMILES string of the molecule is Cc1occc1CN(C)C(=O)NCC1(CC(=O)O)CCC1. The number of hydrogen-bond donors (Lipinski definition) is 2. The molecule has 1 heterocycles. The van der Waals surface area contributed by atoms with Gasteiger partial charge in [0.05, 0.1) is 19.2 Å². The molecular formula is C15H22N2O4. The van der Waals surface area contributed by atoms with Gasteiger partial charge in [0.25, 0.3) is 0 Å². The number of hydrogen-bond acceptors (Lipinski definition) is 3. The van der Waals surface area contributed by atoms with Crippen molar-refractivity contribution in [2.45, 2.75) is 39.2 Å². The highest BCUT2D eigenvalue weighted by molar-refractivity contribution is 5.74. The standard InChI is InChI=1S/C15H22N2O4/c1-11-12(4-7-21-11)9-17(2)14(20)16-10-15(5-3-6-15)8-13(18)19/h4,7H,3,5-6,8-10H2,1-2H3,(H,16,20)(H,18,19). The van der Waals surface area contributed by atoms with Crippen LogP contribution < -0.4 is 5.32 Å². The Balaban J connectivity index is 1.83.